The zero-order chi connectivity index (χ0) is 15.1. The molecule has 1 fully saturated rings. The number of carbonyl (C=O) groups is 1. The lowest BCUT2D eigenvalue weighted by Gasteiger charge is -2.26. The van der Waals surface area contributed by atoms with Crippen LogP contribution in [0.1, 0.15) is 54.3 Å². The van der Waals surface area contributed by atoms with Crippen LogP contribution in [0, 0.1) is 23.7 Å². The Morgan fingerprint density at radius 3 is 3.14 bits per heavy atom. The summed E-state index contributed by atoms with van der Waals surface area (Å²) in [5.41, 5.74) is 0.767. The first-order chi connectivity index (χ1) is 10.2. The number of nitrogens with one attached hydrogen (secondary N) is 1. The smallest absolute Gasteiger partial charge is 0.262 e. The van der Waals surface area contributed by atoms with Crippen LogP contribution in [-0.2, 0) is 0 Å². The van der Waals surface area contributed by atoms with Gasteiger partial charge in [-0.1, -0.05) is 31.6 Å². The van der Waals surface area contributed by atoms with Crippen LogP contribution in [0.5, 0.6) is 0 Å². The van der Waals surface area contributed by atoms with Crippen molar-refractivity contribution in [3.8, 4) is 11.8 Å². The Kier molecular flexibility index (Phi) is 6.28. The number of carbonyl (C=O) groups excluding carboxylic acids is 1. The van der Waals surface area contributed by atoms with E-state index in [4.69, 9.17) is 5.11 Å². The maximum atomic E-state index is 12.3. The van der Waals surface area contributed by atoms with Crippen molar-refractivity contribution < 1.29 is 9.90 Å². The van der Waals surface area contributed by atoms with Gasteiger partial charge in [-0.2, -0.15) is 0 Å². The molecule has 1 aromatic heterocycles. The molecule has 1 aromatic rings. The SMILES string of the molecule is CC1CCCC(CNC(=O)c2sccc2C#CCCO)C1. The van der Waals surface area contributed by atoms with Crippen molar-refractivity contribution in [3.05, 3.63) is 21.9 Å². The van der Waals surface area contributed by atoms with Gasteiger partial charge in [0.05, 0.1) is 6.61 Å². The van der Waals surface area contributed by atoms with Gasteiger partial charge < -0.3 is 10.4 Å². The van der Waals surface area contributed by atoms with Crippen molar-refractivity contribution in [2.45, 2.75) is 39.0 Å². The Balaban J connectivity index is 1.89. The third-order valence-corrected chi connectivity index (χ3v) is 4.84. The first-order valence-electron chi connectivity index (χ1n) is 7.66. The van der Waals surface area contributed by atoms with Crippen LogP contribution < -0.4 is 5.32 Å². The Morgan fingerprint density at radius 1 is 1.52 bits per heavy atom. The highest BCUT2D eigenvalue weighted by molar-refractivity contribution is 7.12. The molecule has 3 nitrogen and oxygen atoms in total. The van der Waals surface area contributed by atoms with Gasteiger partial charge in [0.1, 0.15) is 4.88 Å². The van der Waals surface area contributed by atoms with Crippen LogP contribution >= 0.6 is 11.3 Å². The summed E-state index contributed by atoms with van der Waals surface area (Å²) >= 11 is 1.43. The highest BCUT2D eigenvalue weighted by Crippen LogP contribution is 2.28. The Labute approximate surface area is 130 Å². The Morgan fingerprint density at radius 2 is 2.38 bits per heavy atom. The fourth-order valence-corrected chi connectivity index (χ4v) is 3.63. The van der Waals surface area contributed by atoms with Gasteiger partial charge in [0.15, 0.2) is 0 Å². The average Bonchev–Trinajstić information content (AvgIpc) is 2.94. The Bertz CT molecular complexity index is 526. The summed E-state index contributed by atoms with van der Waals surface area (Å²) in [5, 5.41) is 13.7. The lowest BCUT2D eigenvalue weighted by Crippen LogP contribution is -2.31. The van der Waals surface area contributed by atoms with Gasteiger partial charge in [0, 0.05) is 18.5 Å². The highest BCUT2D eigenvalue weighted by atomic mass is 32.1. The van der Waals surface area contributed by atoms with E-state index >= 15 is 0 Å². The number of aliphatic hydroxyl groups excluding tert-OH is 1. The van der Waals surface area contributed by atoms with Crippen LogP contribution in [0.15, 0.2) is 11.4 Å². The second-order valence-corrected chi connectivity index (χ2v) is 6.70. The number of hydrogen-bond acceptors (Lipinski definition) is 3. The number of thiophene rings is 1. The summed E-state index contributed by atoms with van der Waals surface area (Å²) in [5.74, 6) is 7.21. The van der Waals surface area contributed by atoms with E-state index in [0.717, 1.165) is 18.0 Å². The summed E-state index contributed by atoms with van der Waals surface area (Å²) in [6.07, 6.45) is 5.47. The van der Waals surface area contributed by atoms with E-state index in [1.54, 1.807) is 0 Å². The van der Waals surface area contributed by atoms with Crippen molar-refractivity contribution >= 4 is 17.2 Å². The molecule has 1 aliphatic rings. The maximum absolute atomic E-state index is 12.3. The van der Waals surface area contributed by atoms with E-state index in [9.17, 15) is 4.79 Å². The monoisotopic (exact) mass is 305 g/mol. The highest BCUT2D eigenvalue weighted by Gasteiger charge is 2.20. The fourth-order valence-electron chi connectivity index (χ4n) is 2.86. The van der Waals surface area contributed by atoms with Gasteiger partial charge in [0.25, 0.3) is 5.91 Å². The van der Waals surface area contributed by atoms with E-state index in [2.05, 4.69) is 24.1 Å². The van der Waals surface area contributed by atoms with Crippen LogP contribution in [0.4, 0.5) is 0 Å². The molecule has 4 heteroatoms. The normalized spacial score (nSPS) is 21.4. The first kappa shape index (κ1) is 16.1. The predicted octanol–water partition coefficient (Wildman–Crippen LogP) is 3.04. The summed E-state index contributed by atoms with van der Waals surface area (Å²) in [6, 6.07) is 1.87. The molecule has 2 unspecified atom stereocenters. The van der Waals surface area contributed by atoms with Crippen LogP contribution in [0.3, 0.4) is 0 Å². The summed E-state index contributed by atoms with van der Waals surface area (Å²) in [6.45, 7) is 3.12. The standard InChI is InChI=1S/C17H23NO2S/c1-13-5-4-6-14(11-13)12-18-17(20)16-15(8-10-21-16)7-2-3-9-19/h8,10,13-14,19H,3-6,9,11-12H2,1H3,(H,18,20). The molecule has 0 aromatic carbocycles. The van der Waals surface area contributed by atoms with Crippen LogP contribution in [-0.4, -0.2) is 24.2 Å². The molecule has 1 aliphatic carbocycles. The molecule has 2 N–H and O–H groups in total. The summed E-state index contributed by atoms with van der Waals surface area (Å²) < 4.78 is 0. The molecule has 21 heavy (non-hydrogen) atoms. The van der Waals surface area contributed by atoms with Gasteiger partial charge in [-0.05, 0) is 36.1 Å². The second-order valence-electron chi connectivity index (χ2n) is 5.79. The zero-order valence-corrected chi connectivity index (χ0v) is 13.3. The number of hydrogen-bond donors (Lipinski definition) is 2. The summed E-state index contributed by atoms with van der Waals surface area (Å²) in [4.78, 5) is 13.0. The molecule has 0 bridgehead atoms. The van der Waals surface area contributed by atoms with E-state index in [1.807, 2.05) is 11.4 Å². The fraction of sp³-hybridized carbons (Fsp3) is 0.588. The van der Waals surface area contributed by atoms with Gasteiger partial charge in [-0.25, -0.2) is 0 Å². The Hall–Kier alpha value is -1.31. The molecule has 0 spiro atoms. The molecular weight excluding hydrogens is 282 g/mol. The molecule has 0 saturated heterocycles. The van der Waals surface area contributed by atoms with E-state index in [0.29, 0.717) is 17.2 Å². The van der Waals surface area contributed by atoms with Gasteiger partial charge >= 0.3 is 0 Å². The molecule has 2 rings (SSSR count). The van der Waals surface area contributed by atoms with Crippen molar-refractivity contribution in [3.63, 3.8) is 0 Å². The van der Waals surface area contributed by atoms with E-state index < -0.39 is 0 Å². The van der Waals surface area contributed by atoms with Crippen LogP contribution in [0.25, 0.3) is 0 Å². The lowest BCUT2D eigenvalue weighted by atomic mass is 9.82. The van der Waals surface area contributed by atoms with Gasteiger partial charge in [0.2, 0.25) is 0 Å². The molecular formula is C17H23NO2S. The van der Waals surface area contributed by atoms with Crippen LogP contribution in [0.2, 0.25) is 0 Å². The quantitative estimate of drug-likeness (QED) is 0.840. The van der Waals surface area contributed by atoms with Gasteiger partial charge in [-0.15, -0.1) is 11.3 Å². The topological polar surface area (TPSA) is 49.3 Å². The number of amides is 1. The van der Waals surface area contributed by atoms with Crippen molar-refractivity contribution in [2.24, 2.45) is 11.8 Å². The third kappa shape index (κ3) is 4.87. The molecule has 0 aliphatic heterocycles. The van der Waals surface area contributed by atoms with Crippen molar-refractivity contribution in [1.29, 1.82) is 0 Å². The molecule has 114 valence electrons. The first-order valence-corrected chi connectivity index (χ1v) is 8.54. The van der Waals surface area contributed by atoms with E-state index in [-0.39, 0.29) is 12.5 Å². The van der Waals surface area contributed by atoms with Crippen molar-refractivity contribution in [1.82, 2.24) is 5.32 Å². The molecule has 2 atom stereocenters. The second kappa shape index (κ2) is 8.21. The maximum Gasteiger partial charge on any atom is 0.262 e. The average molecular weight is 305 g/mol. The predicted molar refractivity (Wildman–Crippen MR) is 86.4 cm³/mol. The van der Waals surface area contributed by atoms with E-state index in [1.165, 1.54) is 37.0 Å². The number of rotatable bonds is 4. The zero-order valence-electron chi connectivity index (χ0n) is 12.5. The summed E-state index contributed by atoms with van der Waals surface area (Å²) in [7, 11) is 0. The molecule has 1 heterocycles. The minimum Gasteiger partial charge on any atom is -0.395 e. The van der Waals surface area contributed by atoms with Crippen molar-refractivity contribution in [2.75, 3.05) is 13.2 Å². The minimum atomic E-state index is -0.0171. The largest absolute Gasteiger partial charge is 0.395 e. The molecule has 1 saturated carbocycles. The lowest BCUT2D eigenvalue weighted by molar-refractivity contribution is 0.0944. The number of aliphatic hydroxyl groups is 1. The minimum absolute atomic E-state index is 0.0171. The van der Waals surface area contributed by atoms with Gasteiger partial charge in [-0.3, -0.25) is 4.79 Å². The molecule has 1 amide bonds. The molecule has 0 radical (unpaired) electrons. The third-order valence-electron chi connectivity index (χ3n) is 3.93.